The highest BCUT2D eigenvalue weighted by Crippen LogP contribution is 2.36. The number of benzene rings is 1. The molecule has 210 valence electrons. The van der Waals surface area contributed by atoms with Crippen LogP contribution in [0.25, 0.3) is 22.2 Å². The van der Waals surface area contributed by atoms with Crippen LogP contribution < -0.4 is 15.2 Å². The third-order valence-electron chi connectivity index (χ3n) is 6.71. The summed E-state index contributed by atoms with van der Waals surface area (Å²) in [5.41, 5.74) is -0.203. The van der Waals surface area contributed by atoms with Gasteiger partial charge >= 0.3 is 6.09 Å². The minimum atomic E-state index is -0.617. The van der Waals surface area contributed by atoms with E-state index in [2.05, 4.69) is 9.97 Å². The number of fused-ring (bicyclic) bond motifs is 1. The monoisotopic (exact) mass is 559 g/mol. The highest BCUT2D eigenvalue weighted by molar-refractivity contribution is 6.28. The van der Waals surface area contributed by atoms with Gasteiger partial charge in [-0.3, -0.25) is 4.79 Å². The molecule has 3 aromatic rings. The molecule has 3 heterocycles. The number of hydrogen-bond acceptors (Lipinski definition) is 7. The molecular formula is C28H35ClFN5O4. The van der Waals surface area contributed by atoms with Gasteiger partial charge in [0.05, 0.1) is 23.9 Å². The molecule has 39 heavy (non-hydrogen) atoms. The number of pyridine rings is 1. The first-order valence-electron chi connectivity index (χ1n) is 13.0. The van der Waals surface area contributed by atoms with Gasteiger partial charge in [0.2, 0.25) is 5.28 Å². The van der Waals surface area contributed by atoms with Crippen molar-refractivity contribution in [1.82, 2.24) is 19.4 Å². The van der Waals surface area contributed by atoms with Crippen molar-refractivity contribution in [2.75, 3.05) is 25.1 Å². The van der Waals surface area contributed by atoms with Crippen LogP contribution in [0.5, 0.6) is 5.75 Å². The third-order valence-corrected chi connectivity index (χ3v) is 6.88. The summed E-state index contributed by atoms with van der Waals surface area (Å²) in [4.78, 5) is 39.5. The Bertz CT molecular complexity index is 1470. The number of nitrogens with zero attached hydrogens (tertiary/aromatic N) is 5. The van der Waals surface area contributed by atoms with Crippen molar-refractivity contribution < 1.29 is 18.7 Å². The number of ether oxygens (including phenoxy) is 2. The number of piperazine rings is 1. The van der Waals surface area contributed by atoms with E-state index in [9.17, 15) is 9.59 Å². The van der Waals surface area contributed by atoms with Gasteiger partial charge in [-0.1, -0.05) is 6.07 Å². The lowest BCUT2D eigenvalue weighted by atomic mass is 10.0. The molecule has 0 spiro atoms. The van der Waals surface area contributed by atoms with E-state index in [1.165, 1.54) is 17.7 Å². The molecule has 0 N–H and O–H groups in total. The van der Waals surface area contributed by atoms with Gasteiger partial charge in [0.15, 0.2) is 0 Å². The Labute approximate surface area is 232 Å². The number of halogens is 2. The molecule has 1 aliphatic rings. The second kappa shape index (κ2) is 10.6. The zero-order chi connectivity index (χ0) is 28.8. The normalized spacial score (nSPS) is 18.1. The lowest BCUT2D eigenvalue weighted by molar-refractivity contribution is 0.0130. The number of amides is 1. The van der Waals surface area contributed by atoms with Crippen LogP contribution in [0.4, 0.5) is 15.0 Å². The fourth-order valence-electron chi connectivity index (χ4n) is 5.01. The number of hydrogen-bond donors (Lipinski definition) is 0. The van der Waals surface area contributed by atoms with E-state index in [1.807, 2.05) is 53.4 Å². The van der Waals surface area contributed by atoms with Crippen LogP contribution in [0.3, 0.4) is 0 Å². The van der Waals surface area contributed by atoms with E-state index < -0.39 is 17.5 Å². The number of carbonyl (C=O) groups excluding carboxylic acids is 1. The molecule has 0 unspecified atom stereocenters. The second-order valence-electron chi connectivity index (χ2n) is 11.2. The molecule has 0 bridgehead atoms. The van der Waals surface area contributed by atoms with Gasteiger partial charge in [-0.25, -0.2) is 14.2 Å². The van der Waals surface area contributed by atoms with Gasteiger partial charge < -0.3 is 23.8 Å². The van der Waals surface area contributed by atoms with Crippen LogP contribution in [-0.4, -0.2) is 63.4 Å². The third kappa shape index (κ3) is 5.52. The highest BCUT2D eigenvalue weighted by Gasteiger charge is 2.36. The maximum Gasteiger partial charge on any atom is 0.410 e. The summed E-state index contributed by atoms with van der Waals surface area (Å²) in [5, 5.41) is 0.233. The van der Waals surface area contributed by atoms with Crippen LogP contribution in [0.1, 0.15) is 54.5 Å². The van der Waals surface area contributed by atoms with Crippen LogP contribution in [-0.2, 0) is 4.74 Å². The SMILES string of the molecule is COc1cccc(F)c1-c1cc2nc(Cl)nc(N3C[C@@H](C)N(C(=O)OC(C)(C)C)C[C@@H]3C)c2c(=O)n1C(C)C. The first-order valence-corrected chi connectivity index (χ1v) is 13.3. The van der Waals surface area contributed by atoms with Crippen LogP contribution in [0, 0.1) is 5.82 Å². The van der Waals surface area contributed by atoms with Crippen molar-refractivity contribution in [2.45, 2.75) is 72.2 Å². The molecule has 1 saturated heterocycles. The summed E-state index contributed by atoms with van der Waals surface area (Å²) in [5.74, 6) is 0.146. The van der Waals surface area contributed by atoms with Crippen molar-refractivity contribution >= 4 is 34.4 Å². The fourth-order valence-corrected chi connectivity index (χ4v) is 5.18. The number of methoxy groups -OCH3 is 1. The molecule has 9 nitrogen and oxygen atoms in total. The average molecular weight is 560 g/mol. The van der Waals surface area contributed by atoms with E-state index in [4.69, 9.17) is 21.1 Å². The Morgan fingerprint density at radius 2 is 1.85 bits per heavy atom. The molecule has 11 heteroatoms. The Balaban J connectivity index is 1.88. The summed E-state index contributed by atoms with van der Waals surface area (Å²) in [7, 11) is 1.45. The van der Waals surface area contributed by atoms with Crippen molar-refractivity contribution in [3.63, 3.8) is 0 Å². The number of carbonyl (C=O) groups is 1. The van der Waals surface area contributed by atoms with Gasteiger partial charge in [0.1, 0.15) is 28.4 Å². The Kier molecular flexibility index (Phi) is 7.80. The van der Waals surface area contributed by atoms with E-state index >= 15 is 4.39 Å². The van der Waals surface area contributed by atoms with E-state index in [-0.39, 0.29) is 39.9 Å². The summed E-state index contributed by atoms with van der Waals surface area (Å²) in [6.07, 6.45) is -0.391. The predicted molar refractivity (Wildman–Crippen MR) is 150 cm³/mol. The van der Waals surface area contributed by atoms with E-state index in [0.717, 1.165) is 0 Å². The number of anilines is 1. The minimum Gasteiger partial charge on any atom is -0.496 e. The van der Waals surface area contributed by atoms with Crippen LogP contribution in [0.15, 0.2) is 29.1 Å². The second-order valence-corrected chi connectivity index (χ2v) is 11.5. The van der Waals surface area contributed by atoms with Crippen LogP contribution in [0.2, 0.25) is 5.28 Å². The largest absolute Gasteiger partial charge is 0.496 e. The maximum absolute atomic E-state index is 15.1. The van der Waals surface area contributed by atoms with Gasteiger partial charge in [-0.05, 0) is 78.3 Å². The molecule has 0 aliphatic carbocycles. The predicted octanol–water partition coefficient (Wildman–Crippen LogP) is 5.67. The van der Waals surface area contributed by atoms with Gasteiger partial charge in [0.25, 0.3) is 5.56 Å². The minimum absolute atomic E-state index is 0.0416. The van der Waals surface area contributed by atoms with Crippen LogP contribution >= 0.6 is 11.6 Å². The average Bonchev–Trinajstić information content (AvgIpc) is 2.82. The van der Waals surface area contributed by atoms with Gasteiger partial charge in [0, 0.05) is 31.2 Å². The molecule has 0 saturated carbocycles. The topological polar surface area (TPSA) is 89.8 Å². The Morgan fingerprint density at radius 3 is 2.46 bits per heavy atom. The summed E-state index contributed by atoms with van der Waals surface area (Å²) >= 11 is 6.38. The van der Waals surface area contributed by atoms with Gasteiger partial charge in [-0.2, -0.15) is 4.98 Å². The Morgan fingerprint density at radius 1 is 1.15 bits per heavy atom. The molecule has 0 radical (unpaired) electrons. The summed E-state index contributed by atoms with van der Waals surface area (Å²) in [6, 6.07) is 5.42. The number of aromatic nitrogens is 3. The zero-order valence-electron chi connectivity index (χ0n) is 23.6. The van der Waals surface area contributed by atoms with E-state index in [0.29, 0.717) is 35.9 Å². The molecule has 1 aliphatic heterocycles. The molecule has 2 aromatic heterocycles. The Hall–Kier alpha value is -3.40. The van der Waals surface area contributed by atoms with Crippen molar-refractivity contribution in [1.29, 1.82) is 0 Å². The summed E-state index contributed by atoms with van der Waals surface area (Å²) < 4.78 is 27.7. The molecule has 1 fully saturated rings. The molecular weight excluding hydrogens is 525 g/mol. The maximum atomic E-state index is 15.1. The fraction of sp³-hybridized carbons (Fsp3) is 0.500. The van der Waals surface area contributed by atoms with Crippen molar-refractivity contribution in [2.24, 2.45) is 0 Å². The lowest BCUT2D eigenvalue weighted by Gasteiger charge is -2.44. The first-order chi connectivity index (χ1) is 18.2. The molecule has 4 rings (SSSR count). The summed E-state index contributed by atoms with van der Waals surface area (Å²) in [6.45, 7) is 13.8. The highest BCUT2D eigenvalue weighted by atomic mass is 35.5. The first kappa shape index (κ1) is 28.6. The molecule has 1 aromatic carbocycles. The number of rotatable bonds is 4. The smallest absolute Gasteiger partial charge is 0.410 e. The van der Waals surface area contributed by atoms with Crippen molar-refractivity contribution in [3.05, 3.63) is 45.7 Å². The zero-order valence-corrected chi connectivity index (χ0v) is 24.3. The quantitative estimate of drug-likeness (QED) is 0.380. The standard InChI is InChI=1S/C28H35ClFN5O4/c1-15(2)35-20(22-18(30)10-9-11-21(22)38-8)12-19-23(25(35)36)24(32-26(29)31-19)33-13-17(4)34(14-16(33)3)27(37)39-28(5,6)7/h9-12,15-17H,13-14H2,1-8H3/t16-,17+/m0/s1. The lowest BCUT2D eigenvalue weighted by Crippen LogP contribution is -2.59. The molecule has 2 atom stereocenters. The molecule has 1 amide bonds. The van der Waals surface area contributed by atoms with E-state index in [1.54, 1.807) is 23.1 Å². The van der Waals surface area contributed by atoms with Gasteiger partial charge in [-0.15, -0.1) is 0 Å². The van der Waals surface area contributed by atoms with Crippen molar-refractivity contribution in [3.8, 4) is 17.0 Å².